The molecule has 100 valence electrons. The number of fused-ring (bicyclic) bond motifs is 1. The van der Waals surface area contributed by atoms with Crippen molar-refractivity contribution in [1.82, 2.24) is 0 Å². The largest absolute Gasteiger partial charge is 0.496 e. The molecule has 3 heteroatoms. The summed E-state index contributed by atoms with van der Waals surface area (Å²) in [5.74, 6) is 1.71. The third-order valence-corrected chi connectivity index (χ3v) is 3.37. The van der Waals surface area contributed by atoms with Crippen LogP contribution in [-0.2, 0) is 0 Å². The Kier molecular flexibility index (Phi) is 3.25. The highest BCUT2D eigenvalue weighted by Crippen LogP contribution is 2.25. The van der Waals surface area contributed by atoms with Crippen molar-refractivity contribution in [3.63, 3.8) is 0 Å². The van der Waals surface area contributed by atoms with Gasteiger partial charge >= 0.3 is 0 Å². The van der Waals surface area contributed by atoms with E-state index in [9.17, 15) is 0 Å². The fraction of sp³-hybridized carbons (Fsp3) is 0.118. The molecule has 3 aromatic rings. The Hall–Kier alpha value is -2.55. The molecule has 1 heterocycles. The van der Waals surface area contributed by atoms with E-state index in [1.165, 1.54) is 0 Å². The van der Waals surface area contributed by atoms with Gasteiger partial charge in [-0.2, -0.15) is 4.57 Å². The van der Waals surface area contributed by atoms with Crippen molar-refractivity contribution in [2.24, 2.45) is 0 Å². The average Bonchev–Trinajstić information content (AvgIpc) is 2.53. The Morgan fingerprint density at radius 3 is 2.35 bits per heavy atom. The Balaban J connectivity index is 2.22. The van der Waals surface area contributed by atoms with Crippen LogP contribution in [0.2, 0.25) is 0 Å². The molecule has 0 fully saturated rings. The molecule has 0 spiro atoms. The van der Waals surface area contributed by atoms with Crippen LogP contribution in [0.1, 0.15) is 0 Å². The Bertz CT molecular complexity index is 753. The van der Waals surface area contributed by atoms with Gasteiger partial charge in [0.1, 0.15) is 5.75 Å². The Morgan fingerprint density at radius 1 is 0.800 bits per heavy atom. The molecular weight excluding hydrogens is 250 g/mol. The number of nitrogens with zero attached hydrogens (tertiary/aromatic N) is 1. The lowest BCUT2D eigenvalue weighted by atomic mass is 10.1. The van der Waals surface area contributed by atoms with E-state index in [0.717, 1.165) is 28.0 Å². The minimum atomic E-state index is 0.840. The molecule has 0 amide bonds. The first-order valence-corrected chi connectivity index (χ1v) is 6.45. The van der Waals surface area contributed by atoms with E-state index in [4.69, 9.17) is 9.47 Å². The normalized spacial score (nSPS) is 10.5. The molecule has 3 rings (SSSR count). The fourth-order valence-electron chi connectivity index (χ4n) is 2.36. The van der Waals surface area contributed by atoms with Gasteiger partial charge in [0.25, 0.3) is 5.69 Å². The number of aromatic nitrogens is 1. The molecule has 0 saturated heterocycles. The summed E-state index contributed by atoms with van der Waals surface area (Å²) >= 11 is 0. The summed E-state index contributed by atoms with van der Waals surface area (Å²) in [5, 5.41) is 2.22. The van der Waals surface area contributed by atoms with Crippen molar-refractivity contribution in [3.05, 3.63) is 60.9 Å². The zero-order chi connectivity index (χ0) is 13.9. The number of methoxy groups -OCH3 is 2. The minimum Gasteiger partial charge on any atom is -0.496 e. The second-order valence-electron chi connectivity index (χ2n) is 4.49. The number of hydrogen-bond acceptors (Lipinski definition) is 2. The summed E-state index contributed by atoms with van der Waals surface area (Å²) in [7, 11) is 3.37. The molecule has 20 heavy (non-hydrogen) atoms. The van der Waals surface area contributed by atoms with Crippen molar-refractivity contribution < 1.29 is 14.0 Å². The molecule has 0 saturated carbocycles. The zero-order valence-corrected chi connectivity index (χ0v) is 11.5. The highest BCUT2D eigenvalue weighted by atomic mass is 16.5. The van der Waals surface area contributed by atoms with Gasteiger partial charge in [-0.05, 0) is 17.5 Å². The van der Waals surface area contributed by atoms with E-state index in [1.807, 2.05) is 47.2 Å². The number of rotatable bonds is 3. The van der Waals surface area contributed by atoms with Crippen molar-refractivity contribution in [2.45, 2.75) is 0 Å². The number of para-hydroxylation sites is 2. The van der Waals surface area contributed by atoms with Gasteiger partial charge in [-0.15, -0.1) is 0 Å². The molecule has 1 aromatic heterocycles. The first-order valence-electron chi connectivity index (χ1n) is 6.45. The Labute approximate surface area is 118 Å². The van der Waals surface area contributed by atoms with Gasteiger partial charge in [0.05, 0.1) is 19.6 Å². The molecule has 0 aliphatic rings. The molecule has 3 nitrogen and oxygen atoms in total. The topological polar surface area (TPSA) is 22.3 Å². The number of benzene rings is 2. The second-order valence-corrected chi connectivity index (χ2v) is 4.49. The average molecular weight is 266 g/mol. The molecular formula is C17H16NO2+. The van der Waals surface area contributed by atoms with Crippen molar-refractivity contribution >= 4 is 10.8 Å². The summed E-state index contributed by atoms with van der Waals surface area (Å²) in [4.78, 5) is 0. The molecule has 0 unspecified atom stereocenters. The van der Waals surface area contributed by atoms with E-state index in [2.05, 4.69) is 18.3 Å². The van der Waals surface area contributed by atoms with Crippen LogP contribution in [0.3, 0.4) is 0 Å². The summed E-state index contributed by atoms with van der Waals surface area (Å²) in [6.07, 6.45) is 4.09. The van der Waals surface area contributed by atoms with Crippen molar-refractivity contribution in [1.29, 1.82) is 0 Å². The lowest BCUT2D eigenvalue weighted by Crippen LogP contribution is -2.30. The maximum atomic E-state index is 5.43. The van der Waals surface area contributed by atoms with Crippen LogP contribution in [-0.4, -0.2) is 14.2 Å². The first-order chi connectivity index (χ1) is 9.83. The van der Waals surface area contributed by atoms with Gasteiger partial charge in [0, 0.05) is 12.1 Å². The maximum absolute atomic E-state index is 5.43. The van der Waals surface area contributed by atoms with Gasteiger partial charge in [-0.3, -0.25) is 0 Å². The van der Waals surface area contributed by atoms with Crippen LogP contribution in [0.4, 0.5) is 0 Å². The molecule has 0 N–H and O–H groups in total. The lowest BCUT2D eigenvalue weighted by Gasteiger charge is -2.06. The zero-order valence-electron chi connectivity index (χ0n) is 11.5. The Morgan fingerprint density at radius 2 is 1.55 bits per heavy atom. The van der Waals surface area contributed by atoms with Crippen LogP contribution >= 0.6 is 0 Å². The van der Waals surface area contributed by atoms with Gasteiger partial charge in [-0.1, -0.05) is 24.3 Å². The van der Waals surface area contributed by atoms with Crippen molar-refractivity contribution in [2.75, 3.05) is 14.2 Å². The maximum Gasteiger partial charge on any atom is 0.252 e. The van der Waals surface area contributed by atoms with E-state index in [1.54, 1.807) is 14.2 Å². The predicted molar refractivity (Wildman–Crippen MR) is 78.6 cm³/mol. The monoisotopic (exact) mass is 266 g/mol. The number of pyridine rings is 1. The fourth-order valence-corrected chi connectivity index (χ4v) is 2.36. The third kappa shape index (κ3) is 2.07. The summed E-state index contributed by atoms with van der Waals surface area (Å²) in [5.41, 5.74) is 1.00. The SMILES string of the molecule is COc1ccccc1-[n+]1ccc2cccc(OC)c2c1. The molecule has 0 aliphatic heterocycles. The van der Waals surface area contributed by atoms with Crippen molar-refractivity contribution in [3.8, 4) is 17.2 Å². The third-order valence-electron chi connectivity index (χ3n) is 3.37. The van der Waals surface area contributed by atoms with Crippen LogP contribution in [0.5, 0.6) is 11.5 Å². The first kappa shape index (κ1) is 12.5. The highest BCUT2D eigenvalue weighted by molar-refractivity contribution is 5.86. The molecule has 0 bridgehead atoms. The molecule has 0 aliphatic carbocycles. The van der Waals surface area contributed by atoms with Crippen LogP contribution in [0.15, 0.2) is 60.9 Å². The standard InChI is InChI=1S/C17H16NO2/c1-19-16-9-5-6-13-10-11-18(12-14(13)16)15-7-3-4-8-17(15)20-2/h3-12H,1-2H3/q+1. The second kappa shape index (κ2) is 5.21. The highest BCUT2D eigenvalue weighted by Gasteiger charge is 2.14. The minimum absolute atomic E-state index is 0.840. The van der Waals surface area contributed by atoms with Gasteiger partial charge in [0.2, 0.25) is 0 Å². The van der Waals surface area contributed by atoms with Gasteiger partial charge in [0.15, 0.2) is 18.1 Å². The quantitative estimate of drug-likeness (QED) is 0.680. The smallest absolute Gasteiger partial charge is 0.252 e. The molecule has 0 atom stereocenters. The van der Waals surface area contributed by atoms with Crippen LogP contribution in [0, 0.1) is 0 Å². The predicted octanol–water partition coefficient (Wildman–Crippen LogP) is 3.13. The number of hydrogen-bond donors (Lipinski definition) is 0. The van der Waals surface area contributed by atoms with Gasteiger partial charge < -0.3 is 9.47 Å². The number of ether oxygens (including phenoxy) is 2. The van der Waals surface area contributed by atoms with Crippen LogP contribution < -0.4 is 14.0 Å². The summed E-state index contributed by atoms with van der Waals surface area (Å²) < 4.78 is 12.9. The molecule has 2 aromatic carbocycles. The van der Waals surface area contributed by atoms with Gasteiger partial charge in [-0.25, -0.2) is 0 Å². The van der Waals surface area contributed by atoms with E-state index in [-0.39, 0.29) is 0 Å². The summed E-state index contributed by atoms with van der Waals surface area (Å²) in [6, 6.07) is 16.1. The van der Waals surface area contributed by atoms with Crippen LogP contribution in [0.25, 0.3) is 16.5 Å². The van der Waals surface area contributed by atoms with E-state index >= 15 is 0 Å². The molecule has 0 radical (unpaired) electrons. The lowest BCUT2D eigenvalue weighted by molar-refractivity contribution is -0.594. The summed E-state index contributed by atoms with van der Waals surface area (Å²) in [6.45, 7) is 0. The van der Waals surface area contributed by atoms with E-state index < -0.39 is 0 Å². The van der Waals surface area contributed by atoms with E-state index in [0.29, 0.717) is 0 Å².